The number of urea groups is 1. The lowest BCUT2D eigenvalue weighted by molar-refractivity contribution is 0.205. The molecule has 1 aliphatic carbocycles. The van der Waals surface area contributed by atoms with Gasteiger partial charge in [-0.25, -0.2) is 9.48 Å². The zero-order chi connectivity index (χ0) is 17.1. The Bertz CT molecular complexity index is 697. The quantitative estimate of drug-likeness (QED) is 0.870. The predicted octanol–water partition coefficient (Wildman–Crippen LogP) is 2.77. The van der Waals surface area contributed by atoms with Crippen LogP contribution in [0, 0.1) is 5.92 Å². The molecule has 128 valence electrons. The second-order valence-corrected chi connectivity index (χ2v) is 6.66. The second kappa shape index (κ2) is 7.17. The predicted molar refractivity (Wildman–Crippen MR) is 90.4 cm³/mol. The number of amides is 2. The minimum atomic E-state index is -0.280. The SMILES string of the molecule is C[C@@H](NC(=O)N[C@@H](c1ccc(Cl)cc1)C1CCC1)c1nnnn1C. The molecule has 1 fully saturated rings. The number of tetrazole rings is 1. The number of hydrogen-bond acceptors (Lipinski definition) is 4. The van der Waals surface area contributed by atoms with Gasteiger partial charge < -0.3 is 10.6 Å². The van der Waals surface area contributed by atoms with Crippen LogP contribution in [-0.4, -0.2) is 26.2 Å². The molecule has 2 atom stereocenters. The van der Waals surface area contributed by atoms with E-state index in [4.69, 9.17) is 11.6 Å². The van der Waals surface area contributed by atoms with Crippen molar-refractivity contribution in [3.05, 3.63) is 40.7 Å². The Balaban J connectivity index is 1.67. The third kappa shape index (κ3) is 3.67. The molecule has 0 spiro atoms. The van der Waals surface area contributed by atoms with Crippen LogP contribution in [0.15, 0.2) is 24.3 Å². The first kappa shape index (κ1) is 16.7. The molecular weight excluding hydrogens is 328 g/mol. The molecule has 2 N–H and O–H groups in total. The van der Waals surface area contributed by atoms with Crippen molar-refractivity contribution >= 4 is 17.6 Å². The number of aromatic nitrogens is 4. The maximum atomic E-state index is 12.4. The Kier molecular flexibility index (Phi) is 4.99. The first-order valence-corrected chi connectivity index (χ1v) is 8.47. The molecule has 0 aliphatic heterocycles. The molecule has 2 amide bonds. The largest absolute Gasteiger partial charge is 0.331 e. The monoisotopic (exact) mass is 348 g/mol. The smallest absolute Gasteiger partial charge is 0.315 e. The van der Waals surface area contributed by atoms with Crippen molar-refractivity contribution in [2.45, 2.75) is 38.3 Å². The number of hydrogen-bond donors (Lipinski definition) is 2. The molecule has 1 aromatic carbocycles. The van der Waals surface area contributed by atoms with E-state index in [1.165, 1.54) is 6.42 Å². The summed E-state index contributed by atoms with van der Waals surface area (Å²) in [6.45, 7) is 1.85. The van der Waals surface area contributed by atoms with Gasteiger partial charge in [0.25, 0.3) is 0 Å². The van der Waals surface area contributed by atoms with Crippen LogP contribution >= 0.6 is 11.6 Å². The van der Waals surface area contributed by atoms with Gasteiger partial charge in [-0.15, -0.1) is 5.10 Å². The lowest BCUT2D eigenvalue weighted by Gasteiger charge is -2.35. The van der Waals surface area contributed by atoms with Crippen molar-refractivity contribution in [2.24, 2.45) is 13.0 Å². The van der Waals surface area contributed by atoms with E-state index in [0.29, 0.717) is 16.8 Å². The summed E-state index contributed by atoms with van der Waals surface area (Å²) in [6, 6.07) is 7.14. The van der Waals surface area contributed by atoms with Crippen molar-refractivity contribution in [1.29, 1.82) is 0 Å². The maximum absolute atomic E-state index is 12.4. The van der Waals surface area contributed by atoms with E-state index < -0.39 is 0 Å². The topological polar surface area (TPSA) is 84.7 Å². The Morgan fingerprint density at radius 2 is 2.00 bits per heavy atom. The Hall–Kier alpha value is -2.15. The van der Waals surface area contributed by atoms with E-state index in [2.05, 4.69) is 26.2 Å². The van der Waals surface area contributed by atoms with Gasteiger partial charge >= 0.3 is 6.03 Å². The number of halogens is 1. The summed E-state index contributed by atoms with van der Waals surface area (Å²) in [6.07, 6.45) is 3.45. The van der Waals surface area contributed by atoms with Crippen LogP contribution in [0.25, 0.3) is 0 Å². The summed E-state index contributed by atoms with van der Waals surface area (Å²) in [7, 11) is 1.75. The molecule has 0 bridgehead atoms. The Morgan fingerprint density at radius 3 is 2.54 bits per heavy atom. The van der Waals surface area contributed by atoms with Crippen molar-refractivity contribution in [3.8, 4) is 0 Å². The van der Waals surface area contributed by atoms with Gasteiger partial charge in [0, 0.05) is 12.1 Å². The Labute approximate surface area is 145 Å². The van der Waals surface area contributed by atoms with E-state index >= 15 is 0 Å². The first-order valence-electron chi connectivity index (χ1n) is 8.09. The molecule has 8 heteroatoms. The highest BCUT2D eigenvalue weighted by Gasteiger charge is 2.30. The van der Waals surface area contributed by atoms with Gasteiger partial charge in [0.2, 0.25) is 0 Å². The number of aryl methyl sites for hydroxylation is 1. The summed E-state index contributed by atoms with van der Waals surface area (Å²) in [4.78, 5) is 12.4. The molecule has 0 saturated heterocycles. The zero-order valence-electron chi connectivity index (χ0n) is 13.7. The fraction of sp³-hybridized carbons (Fsp3) is 0.500. The number of nitrogens with one attached hydrogen (secondary N) is 2. The molecule has 7 nitrogen and oxygen atoms in total. The third-order valence-corrected chi connectivity index (χ3v) is 4.78. The summed E-state index contributed by atoms with van der Waals surface area (Å²) >= 11 is 5.97. The zero-order valence-corrected chi connectivity index (χ0v) is 14.5. The lowest BCUT2D eigenvalue weighted by atomic mass is 9.77. The van der Waals surface area contributed by atoms with Crippen LogP contribution in [0.3, 0.4) is 0 Å². The first-order chi connectivity index (χ1) is 11.5. The Morgan fingerprint density at radius 1 is 1.29 bits per heavy atom. The van der Waals surface area contributed by atoms with Crippen LogP contribution < -0.4 is 10.6 Å². The number of nitrogens with zero attached hydrogens (tertiary/aromatic N) is 4. The summed E-state index contributed by atoms with van der Waals surface area (Å²) in [5.41, 5.74) is 1.08. The van der Waals surface area contributed by atoms with Gasteiger partial charge in [-0.2, -0.15) is 0 Å². The highest BCUT2D eigenvalue weighted by atomic mass is 35.5. The molecular formula is C16H21ClN6O. The average Bonchev–Trinajstić information content (AvgIpc) is 2.92. The number of carbonyl (C=O) groups excluding carboxylic acids is 1. The van der Waals surface area contributed by atoms with Gasteiger partial charge in [-0.05, 0) is 53.8 Å². The van der Waals surface area contributed by atoms with Gasteiger partial charge in [-0.3, -0.25) is 0 Å². The normalized spacial score (nSPS) is 17.0. The van der Waals surface area contributed by atoms with Gasteiger partial charge in [0.05, 0.1) is 12.1 Å². The van der Waals surface area contributed by atoms with E-state index in [9.17, 15) is 4.79 Å². The molecule has 2 aromatic rings. The minimum absolute atomic E-state index is 0.0131. The van der Waals surface area contributed by atoms with Crippen molar-refractivity contribution in [3.63, 3.8) is 0 Å². The summed E-state index contributed by atoms with van der Waals surface area (Å²) in [5.74, 6) is 1.07. The van der Waals surface area contributed by atoms with Gasteiger partial charge in [0.15, 0.2) is 5.82 Å². The molecule has 3 rings (SSSR count). The van der Waals surface area contributed by atoms with Crippen LogP contribution in [0.1, 0.15) is 49.7 Å². The molecule has 1 aliphatic rings. The number of benzene rings is 1. The lowest BCUT2D eigenvalue weighted by Crippen LogP contribution is -2.43. The van der Waals surface area contributed by atoms with Crippen molar-refractivity contribution < 1.29 is 4.79 Å². The van der Waals surface area contributed by atoms with Crippen molar-refractivity contribution in [1.82, 2.24) is 30.8 Å². The van der Waals surface area contributed by atoms with E-state index in [0.717, 1.165) is 18.4 Å². The second-order valence-electron chi connectivity index (χ2n) is 6.22. The van der Waals surface area contributed by atoms with Gasteiger partial charge in [-0.1, -0.05) is 30.2 Å². The molecule has 1 heterocycles. The number of carbonyl (C=O) groups is 1. The summed E-state index contributed by atoms with van der Waals surface area (Å²) < 4.78 is 1.55. The molecule has 1 aromatic heterocycles. The highest BCUT2D eigenvalue weighted by molar-refractivity contribution is 6.30. The third-order valence-electron chi connectivity index (χ3n) is 4.52. The van der Waals surface area contributed by atoms with Crippen LogP contribution in [0.2, 0.25) is 5.02 Å². The van der Waals surface area contributed by atoms with E-state index in [1.807, 2.05) is 31.2 Å². The average molecular weight is 349 g/mol. The van der Waals surface area contributed by atoms with Crippen LogP contribution in [-0.2, 0) is 7.05 Å². The van der Waals surface area contributed by atoms with Crippen LogP contribution in [0.5, 0.6) is 0 Å². The molecule has 0 radical (unpaired) electrons. The molecule has 0 unspecified atom stereocenters. The number of rotatable bonds is 5. The molecule has 24 heavy (non-hydrogen) atoms. The maximum Gasteiger partial charge on any atom is 0.315 e. The van der Waals surface area contributed by atoms with E-state index in [1.54, 1.807) is 11.7 Å². The summed E-state index contributed by atoms with van der Waals surface area (Å²) in [5, 5.41) is 18.0. The van der Waals surface area contributed by atoms with Gasteiger partial charge in [0.1, 0.15) is 0 Å². The van der Waals surface area contributed by atoms with Crippen LogP contribution in [0.4, 0.5) is 4.79 Å². The van der Waals surface area contributed by atoms with Crippen molar-refractivity contribution in [2.75, 3.05) is 0 Å². The molecule has 1 saturated carbocycles. The fourth-order valence-electron chi connectivity index (χ4n) is 2.96. The standard InChI is InChI=1S/C16H21ClN6O/c1-10(15-20-21-22-23(15)2)18-16(24)19-14(11-4-3-5-11)12-6-8-13(17)9-7-12/h6-11,14H,3-5H2,1-2H3,(H2,18,19,24)/t10-,14-/m1/s1. The fourth-order valence-corrected chi connectivity index (χ4v) is 3.09. The van der Waals surface area contributed by atoms with E-state index in [-0.39, 0.29) is 18.1 Å². The minimum Gasteiger partial charge on any atom is -0.331 e. The highest BCUT2D eigenvalue weighted by Crippen LogP contribution is 2.38.